The highest BCUT2D eigenvalue weighted by molar-refractivity contribution is 7.11. The Morgan fingerprint density at radius 3 is 2.63 bits per heavy atom. The van der Waals surface area contributed by atoms with Gasteiger partial charge in [-0.15, -0.1) is 11.3 Å². The summed E-state index contributed by atoms with van der Waals surface area (Å²) in [5, 5.41) is 7.82. The van der Waals surface area contributed by atoms with Crippen molar-refractivity contribution in [1.82, 2.24) is 20.1 Å². The molecule has 2 fully saturated rings. The number of piperidine rings is 2. The molecule has 2 aromatic heterocycles. The van der Waals surface area contributed by atoms with E-state index < -0.39 is 0 Å². The van der Waals surface area contributed by atoms with E-state index in [0.29, 0.717) is 12.6 Å². The Balaban J connectivity index is 1.17. The lowest BCUT2D eigenvalue weighted by atomic mass is 9.99. The Kier molecular flexibility index (Phi) is 6.26. The molecule has 2 aromatic rings. The molecule has 1 N–H and O–H groups in total. The van der Waals surface area contributed by atoms with Gasteiger partial charge in [0.1, 0.15) is 6.10 Å². The second-order valence-electron chi connectivity index (χ2n) is 7.11. The van der Waals surface area contributed by atoms with E-state index in [4.69, 9.17) is 4.74 Å². The van der Waals surface area contributed by atoms with Gasteiger partial charge in [-0.25, -0.2) is 9.78 Å². The van der Waals surface area contributed by atoms with Gasteiger partial charge >= 0.3 is 6.03 Å². The number of carbonyl (C=O) groups is 1. The number of rotatable bonds is 5. The molecule has 6 nitrogen and oxygen atoms in total. The van der Waals surface area contributed by atoms with Gasteiger partial charge in [0.25, 0.3) is 5.19 Å². The predicted octanol–water partition coefficient (Wildman–Crippen LogP) is 3.42. The Morgan fingerprint density at radius 2 is 1.96 bits per heavy atom. The van der Waals surface area contributed by atoms with Crippen LogP contribution in [0.25, 0.3) is 0 Å². The van der Waals surface area contributed by atoms with Crippen molar-refractivity contribution in [2.75, 3.05) is 26.2 Å². The summed E-state index contributed by atoms with van der Waals surface area (Å²) in [5.74, 6) is 0. The molecule has 146 valence electrons. The number of aromatic nitrogens is 1. The van der Waals surface area contributed by atoms with Crippen LogP contribution in [0.5, 0.6) is 5.19 Å². The van der Waals surface area contributed by atoms with Crippen molar-refractivity contribution in [2.45, 2.75) is 44.4 Å². The number of thiazole rings is 1. The molecule has 0 atom stereocenters. The van der Waals surface area contributed by atoms with Crippen LogP contribution in [0.3, 0.4) is 0 Å². The fourth-order valence-corrected chi connectivity index (χ4v) is 5.09. The summed E-state index contributed by atoms with van der Waals surface area (Å²) < 4.78 is 5.96. The van der Waals surface area contributed by atoms with Crippen LogP contribution in [0.1, 0.15) is 30.6 Å². The molecule has 0 bridgehead atoms. The second kappa shape index (κ2) is 9.03. The zero-order valence-corrected chi connectivity index (χ0v) is 17.0. The van der Waals surface area contributed by atoms with Crippen molar-refractivity contribution in [1.29, 1.82) is 0 Å². The summed E-state index contributed by atoms with van der Waals surface area (Å²) in [7, 11) is 0. The third-order valence-corrected chi connectivity index (χ3v) is 6.95. The van der Waals surface area contributed by atoms with Crippen molar-refractivity contribution < 1.29 is 9.53 Å². The van der Waals surface area contributed by atoms with E-state index in [1.807, 2.05) is 21.7 Å². The van der Waals surface area contributed by atoms with Crippen LogP contribution in [-0.4, -0.2) is 59.1 Å². The Bertz CT molecular complexity index is 691. The molecule has 0 aromatic carbocycles. The topological polar surface area (TPSA) is 57.7 Å². The van der Waals surface area contributed by atoms with Gasteiger partial charge in [-0.1, -0.05) is 17.4 Å². The van der Waals surface area contributed by atoms with E-state index in [1.54, 1.807) is 28.9 Å². The Labute approximate surface area is 168 Å². The van der Waals surface area contributed by atoms with Gasteiger partial charge in [0.05, 0.1) is 6.54 Å². The van der Waals surface area contributed by atoms with Crippen LogP contribution in [-0.2, 0) is 6.54 Å². The van der Waals surface area contributed by atoms with Crippen LogP contribution in [0, 0.1) is 0 Å². The lowest BCUT2D eigenvalue weighted by Crippen LogP contribution is -2.51. The van der Waals surface area contributed by atoms with Crippen LogP contribution >= 0.6 is 22.7 Å². The number of thiophene rings is 1. The Morgan fingerprint density at radius 1 is 1.15 bits per heavy atom. The zero-order chi connectivity index (χ0) is 18.5. The standard InChI is InChI=1S/C19H26N4O2S2/c24-18(21-14-17-2-1-12-26-17)23-8-3-15(4-9-23)22-10-5-16(6-11-22)25-19-20-7-13-27-19/h1-2,7,12-13,15-16H,3-6,8-11,14H2,(H,21,24). The summed E-state index contributed by atoms with van der Waals surface area (Å²) in [4.78, 5) is 22.3. The summed E-state index contributed by atoms with van der Waals surface area (Å²) >= 11 is 3.24. The van der Waals surface area contributed by atoms with E-state index in [1.165, 1.54) is 4.88 Å². The third-order valence-electron chi connectivity index (χ3n) is 5.42. The molecule has 0 radical (unpaired) electrons. The molecular formula is C19H26N4O2S2. The maximum absolute atomic E-state index is 12.4. The lowest BCUT2D eigenvalue weighted by Gasteiger charge is -2.41. The number of amides is 2. The average Bonchev–Trinajstić information content (AvgIpc) is 3.41. The van der Waals surface area contributed by atoms with Crippen molar-refractivity contribution in [2.24, 2.45) is 0 Å². The first-order chi connectivity index (χ1) is 13.3. The highest BCUT2D eigenvalue weighted by Crippen LogP contribution is 2.24. The van der Waals surface area contributed by atoms with Crippen molar-refractivity contribution in [3.05, 3.63) is 34.0 Å². The number of likely N-dealkylation sites (tertiary alicyclic amines) is 2. The summed E-state index contributed by atoms with van der Waals surface area (Å²) in [5.41, 5.74) is 0. The normalized spacial score (nSPS) is 19.9. The van der Waals surface area contributed by atoms with Crippen LogP contribution < -0.4 is 10.1 Å². The van der Waals surface area contributed by atoms with Crippen LogP contribution in [0.4, 0.5) is 4.79 Å². The minimum Gasteiger partial charge on any atom is -0.467 e. The lowest BCUT2D eigenvalue weighted by molar-refractivity contribution is 0.0534. The monoisotopic (exact) mass is 406 g/mol. The minimum absolute atomic E-state index is 0.0670. The Hall–Kier alpha value is -1.64. The molecule has 0 unspecified atom stereocenters. The highest BCUT2D eigenvalue weighted by Gasteiger charge is 2.30. The maximum atomic E-state index is 12.4. The van der Waals surface area contributed by atoms with E-state index in [2.05, 4.69) is 21.3 Å². The third kappa shape index (κ3) is 5.00. The number of hydrogen-bond donors (Lipinski definition) is 1. The molecule has 0 spiro atoms. The van der Waals surface area contributed by atoms with Crippen molar-refractivity contribution in [3.63, 3.8) is 0 Å². The van der Waals surface area contributed by atoms with E-state index in [-0.39, 0.29) is 12.1 Å². The van der Waals surface area contributed by atoms with E-state index >= 15 is 0 Å². The van der Waals surface area contributed by atoms with Gasteiger partial charge in [0.2, 0.25) is 0 Å². The summed E-state index contributed by atoms with van der Waals surface area (Å²) in [6, 6.07) is 4.73. The molecule has 2 aliphatic rings. The van der Waals surface area contributed by atoms with Crippen LogP contribution in [0.15, 0.2) is 29.1 Å². The van der Waals surface area contributed by atoms with Crippen molar-refractivity contribution >= 4 is 28.7 Å². The number of hydrogen-bond acceptors (Lipinski definition) is 6. The van der Waals surface area contributed by atoms with Gasteiger partial charge in [-0.05, 0) is 37.1 Å². The molecule has 0 saturated carbocycles. The fourth-order valence-electron chi connectivity index (χ4n) is 3.89. The molecule has 8 heteroatoms. The van der Waals surface area contributed by atoms with Gasteiger partial charge in [0, 0.05) is 48.7 Å². The molecule has 2 amide bonds. The average molecular weight is 407 g/mol. The fraction of sp³-hybridized carbons (Fsp3) is 0.579. The zero-order valence-electron chi connectivity index (χ0n) is 15.4. The van der Waals surface area contributed by atoms with E-state index in [0.717, 1.165) is 57.1 Å². The number of urea groups is 1. The van der Waals surface area contributed by atoms with Crippen molar-refractivity contribution in [3.8, 4) is 5.19 Å². The van der Waals surface area contributed by atoms with Crippen LogP contribution in [0.2, 0.25) is 0 Å². The first-order valence-corrected chi connectivity index (χ1v) is 11.4. The first-order valence-electron chi connectivity index (χ1n) is 9.63. The van der Waals surface area contributed by atoms with E-state index in [9.17, 15) is 4.79 Å². The molecule has 0 aliphatic carbocycles. The quantitative estimate of drug-likeness (QED) is 0.827. The van der Waals surface area contributed by atoms with Gasteiger partial charge in [-0.3, -0.25) is 4.90 Å². The summed E-state index contributed by atoms with van der Waals surface area (Å²) in [6.07, 6.45) is 6.31. The molecule has 2 saturated heterocycles. The largest absolute Gasteiger partial charge is 0.467 e. The molecule has 27 heavy (non-hydrogen) atoms. The number of nitrogens with one attached hydrogen (secondary N) is 1. The maximum Gasteiger partial charge on any atom is 0.317 e. The van der Waals surface area contributed by atoms with Gasteiger partial charge in [0.15, 0.2) is 0 Å². The molecular weight excluding hydrogens is 380 g/mol. The van der Waals surface area contributed by atoms with Gasteiger partial charge in [-0.2, -0.15) is 0 Å². The SMILES string of the molecule is O=C(NCc1cccs1)N1CCC(N2CCC(Oc3nccs3)CC2)CC1. The minimum atomic E-state index is 0.0670. The summed E-state index contributed by atoms with van der Waals surface area (Å²) in [6.45, 7) is 4.46. The smallest absolute Gasteiger partial charge is 0.317 e. The highest BCUT2D eigenvalue weighted by atomic mass is 32.1. The van der Waals surface area contributed by atoms with Gasteiger partial charge < -0.3 is 15.0 Å². The predicted molar refractivity (Wildman–Crippen MR) is 108 cm³/mol. The molecule has 2 aliphatic heterocycles. The molecule has 4 rings (SSSR count). The second-order valence-corrected chi connectivity index (χ2v) is 9.00. The first kappa shape index (κ1) is 18.7. The number of nitrogens with zero attached hydrogens (tertiary/aromatic N) is 3. The molecule has 4 heterocycles. The number of carbonyl (C=O) groups excluding carboxylic acids is 1. The number of ether oxygens (including phenoxy) is 1.